The second-order valence-electron chi connectivity index (χ2n) is 5.24. The Hall–Kier alpha value is -1.89. The zero-order chi connectivity index (χ0) is 14.7. The molecule has 1 atom stereocenters. The first-order chi connectivity index (χ1) is 9.47. The molecule has 0 aromatic carbocycles. The fourth-order valence-corrected chi connectivity index (χ4v) is 2.40. The lowest BCUT2D eigenvalue weighted by molar-refractivity contribution is -0.142. The highest BCUT2D eigenvalue weighted by Gasteiger charge is 2.32. The lowest BCUT2D eigenvalue weighted by Gasteiger charge is -2.38. The van der Waals surface area contributed by atoms with Gasteiger partial charge >= 0.3 is 0 Å². The molecule has 1 fully saturated rings. The van der Waals surface area contributed by atoms with Gasteiger partial charge < -0.3 is 15.5 Å². The minimum absolute atomic E-state index is 0.0462. The second-order valence-corrected chi connectivity index (χ2v) is 5.24. The first-order valence-electron chi connectivity index (χ1n) is 6.75. The van der Waals surface area contributed by atoms with Crippen LogP contribution in [0.4, 0.5) is 0 Å². The van der Waals surface area contributed by atoms with Crippen LogP contribution in [0.2, 0.25) is 0 Å². The zero-order valence-electron chi connectivity index (χ0n) is 12.0. The van der Waals surface area contributed by atoms with E-state index in [1.807, 2.05) is 31.1 Å². The van der Waals surface area contributed by atoms with Gasteiger partial charge in [0.25, 0.3) is 0 Å². The summed E-state index contributed by atoms with van der Waals surface area (Å²) in [6.45, 7) is 4.23. The molecule has 2 heterocycles. The van der Waals surface area contributed by atoms with Crippen LogP contribution < -0.4 is 5.73 Å². The molecular weight excluding hydrogens is 258 g/mol. The summed E-state index contributed by atoms with van der Waals surface area (Å²) in [6, 6.07) is 1.37. The van der Waals surface area contributed by atoms with E-state index in [0.29, 0.717) is 26.1 Å². The van der Waals surface area contributed by atoms with Gasteiger partial charge in [-0.3, -0.25) is 14.3 Å². The number of rotatable bonds is 4. The van der Waals surface area contributed by atoms with Crippen molar-refractivity contribution >= 4 is 11.8 Å². The van der Waals surface area contributed by atoms with Gasteiger partial charge in [-0.2, -0.15) is 5.10 Å². The van der Waals surface area contributed by atoms with Gasteiger partial charge in [-0.15, -0.1) is 0 Å². The highest BCUT2D eigenvalue weighted by atomic mass is 16.2. The van der Waals surface area contributed by atoms with Gasteiger partial charge in [-0.25, -0.2) is 0 Å². The first-order valence-corrected chi connectivity index (χ1v) is 6.75. The monoisotopic (exact) mass is 279 g/mol. The molecule has 2 amide bonds. The standard InChI is InChI=1S/C13H21N5O2/c1-10-3-5-17(15-10)6-4-12(19)18-8-7-16(2)9-11(18)13(14)20/h3,5,11H,4,6-9H2,1-2H3,(H2,14,20). The molecule has 0 spiro atoms. The molecule has 1 aromatic heterocycles. The number of hydrogen-bond donors (Lipinski definition) is 1. The van der Waals surface area contributed by atoms with Crippen LogP contribution in [0.3, 0.4) is 0 Å². The van der Waals surface area contributed by atoms with E-state index in [4.69, 9.17) is 5.73 Å². The van der Waals surface area contributed by atoms with Crippen LogP contribution in [0.15, 0.2) is 12.3 Å². The summed E-state index contributed by atoms with van der Waals surface area (Å²) in [6.07, 6.45) is 2.17. The number of amides is 2. The van der Waals surface area contributed by atoms with Gasteiger partial charge in [-0.05, 0) is 20.0 Å². The largest absolute Gasteiger partial charge is 0.368 e. The van der Waals surface area contributed by atoms with Gasteiger partial charge in [0.15, 0.2) is 0 Å². The molecule has 1 aliphatic rings. The zero-order valence-corrected chi connectivity index (χ0v) is 12.0. The van der Waals surface area contributed by atoms with E-state index in [1.165, 1.54) is 0 Å². The Morgan fingerprint density at radius 3 is 2.80 bits per heavy atom. The van der Waals surface area contributed by atoms with Gasteiger partial charge in [0, 0.05) is 38.8 Å². The van der Waals surface area contributed by atoms with Gasteiger partial charge in [0.05, 0.1) is 5.69 Å². The molecule has 7 nitrogen and oxygen atoms in total. The molecule has 0 bridgehead atoms. The van der Waals surface area contributed by atoms with E-state index in [0.717, 1.165) is 12.2 Å². The number of carbonyl (C=O) groups is 2. The molecule has 2 rings (SSSR count). The Morgan fingerprint density at radius 1 is 1.45 bits per heavy atom. The van der Waals surface area contributed by atoms with Crippen LogP contribution >= 0.6 is 0 Å². The van der Waals surface area contributed by atoms with Gasteiger partial charge in [0.2, 0.25) is 11.8 Å². The minimum atomic E-state index is -0.527. The van der Waals surface area contributed by atoms with E-state index in [9.17, 15) is 9.59 Å². The average Bonchev–Trinajstić information content (AvgIpc) is 2.81. The van der Waals surface area contributed by atoms with Crippen LogP contribution in [-0.2, 0) is 16.1 Å². The summed E-state index contributed by atoms with van der Waals surface area (Å²) in [5, 5.41) is 4.24. The molecule has 0 aliphatic carbocycles. The maximum absolute atomic E-state index is 12.3. The van der Waals surface area contributed by atoms with Crippen molar-refractivity contribution in [3.8, 4) is 0 Å². The normalized spacial score (nSPS) is 20.1. The number of nitrogens with two attached hydrogens (primary N) is 1. The summed E-state index contributed by atoms with van der Waals surface area (Å²) in [5.74, 6) is -0.491. The topological polar surface area (TPSA) is 84.5 Å². The number of nitrogens with zero attached hydrogens (tertiary/aromatic N) is 4. The van der Waals surface area contributed by atoms with E-state index in [-0.39, 0.29) is 5.91 Å². The number of aromatic nitrogens is 2. The smallest absolute Gasteiger partial charge is 0.241 e. The van der Waals surface area contributed by atoms with E-state index < -0.39 is 11.9 Å². The quantitative estimate of drug-likeness (QED) is 0.783. The summed E-state index contributed by atoms with van der Waals surface area (Å²) in [7, 11) is 1.92. The van der Waals surface area contributed by atoms with E-state index in [1.54, 1.807) is 9.58 Å². The molecule has 1 aliphatic heterocycles. The maximum atomic E-state index is 12.3. The number of primary amides is 1. The molecule has 7 heteroatoms. The Bertz CT molecular complexity index is 499. The van der Waals surface area contributed by atoms with Crippen molar-refractivity contribution in [1.29, 1.82) is 0 Å². The lowest BCUT2D eigenvalue weighted by atomic mass is 10.1. The summed E-state index contributed by atoms with van der Waals surface area (Å²) < 4.78 is 1.74. The number of aryl methyl sites for hydroxylation is 2. The molecule has 1 unspecified atom stereocenters. The molecule has 110 valence electrons. The number of likely N-dealkylation sites (N-methyl/N-ethyl adjacent to an activating group) is 1. The molecule has 1 saturated heterocycles. The molecule has 2 N–H and O–H groups in total. The van der Waals surface area contributed by atoms with Crippen LogP contribution in [0, 0.1) is 6.92 Å². The van der Waals surface area contributed by atoms with Crippen LogP contribution in [0.5, 0.6) is 0 Å². The number of piperazine rings is 1. The highest BCUT2D eigenvalue weighted by Crippen LogP contribution is 2.10. The summed E-state index contributed by atoms with van der Waals surface area (Å²) >= 11 is 0. The van der Waals surface area contributed by atoms with Crippen LogP contribution in [-0.4, -0.2) is 64.1 Å². The first kappa shape index (κ1) is 14.5. The highest BCUT2D eigenvalue weighted by molar-refractivity contribution is 5.87. The third-order valence-electron chi connectivity index (χ3n) is 3.56. The van der Waals surface area contributed by atoms with Gasteiger partial charge in [-0.1, -0.05) is 0 Å². The lowest BCUT2D eigenvalue weighted by Crippen LogP contribution is -2.59. The third-order valence-corrected chi connectivity index (χ3v) is 3.56. The Balaban J connectivity index is 1.94. The minimum Gasteiger partial charge on any atom is -0.368 e. The molecule has 0 radical (unpaired) electrons. The molecule has 0 saturated carbocycles. The van der Waals surface area contributed by atoms with E-state index >= 15 is 0 Å². The SMILES string of the molecule is Cc1ccn(CCC(=O)N2CCN(C)CC2C(N)=O)n1. The van der Waals surface area contributed by atoms with E-state index in [2.05, 4.69) is 5.10 Å². The van der Waals surface area contributed by atoms with Crippen molar-refractivity contribution < 1.29 is 9.59 Å². The third kappa shape index (κ3) is 3.36. The predicted molar refractivity (Wildman–Crippen MR) is 73.8 cm³/mol. The van der Waals surface area contributed by atoms with Crippen molar-refractivity contribution in [3.05, 3.63) is 18.0 Å². The number of hydrogen-bond acceptors (Lipinski definition) is 4. The fraction of sp³-hybridized carbons (Fsp3) is 0.615. The second kappa shape index (κ2) is 6.04. The fourth-order valence-electron chi connectivity index (χ4n) is 2.40. The predicted octanol–water partition coefficient (Wildman–Crippen LogP) is -0.790. The molecule has 1 aromatic rings. The van der Waals surface area contributed by atoms with Crippen LogP contribution in [0.1, 0.15) is 12.1 Å². The maximum Gasteiger partial charge on any atom is 0.241 e. The Kier molecular flexibility index (Phi) is 4.39. The number of carbonyl (C=O) groups excluding carboxylic acids is 2. The summed E-state index contributed by atoms with van der Waals surface area (Å²) in [5.41, 5.74) is 6.31. The van der Waals surface area contributed by atoms with Crippen molar-refractivity contribution in [2.24, 2.45) is 5.73 Å². The summed E-state index contributed by atoms with van der Waals surface area (Å²) in [4.78, 5) is 27.3. The Morgan fingerprint density at radius 2 is 2.20 bits per heavy atom. The van der Waals surface area contributed by atoms with Crippen molar-refractivity contribution in [2.75, 3.05) is 26.7 Å². The van der Waals surface area contributed by atoms with Crippen LogP contribution in [0.25, 0.3) is 0 Å². The van der Waals surface area contributed by atoms with Crippen molar-refractivity contribution in [2.45, 2.75) is 25.9 Å². The Labute approximate surface area is 118 Å². The molecular formula is C13H21N5O2. The van der Waals surface area contributed by atoms with Crippen molar-refractivity contribution in [1.82, 2.24) is 19.6 Å². The van der Waals surface area contributed by atoms with Crippen molar-refractivity contribution in [3.63, 3.8) is 0 Å². The van der Waals surface area contributed by atoms with Gasteiger partial charge in [0.1, 0.15) is 6.04 Å². The molecule has 20 heavy (non-hydrogen) atoms. The average molecular weight is 279 g/mol.